The number of nitrogens with one attached hydrogen (secondary N) is 1. The molecule has 3 N–H and O–H groups in total. The average molecular weight is 302 g/mol. The molecule has 1 aromatic carbocycles. The summed E-state index contributed by atoms with van der Waals surface area (Å²) in [5.41, 5.74) is 5.23. The van der Waals surface area contributed by atoms with Crippen LogP contribution in [0.3, 0.4) is 0 Å². The fourth-order valence-electron chi connectivity index (χ4n) is 2.28. The first-order valence-electron chi connectivity index (χ1n) is 6.40. The van der Waals surface area contributed by atoms with Gasteiger partial charge in [0.1, 0.15) is 5.82 Å². The lowest BCUT2D eigenvalue weighted by molar-refractivity contribution is -0.0659. The van der Waals surface area contributed by atoms with Gasteiger partial charge in [0.15, 0.2) is 0 Å². The van der Waals surface area contributed by atoms with Gasteiger partial charge in [0, 0.05) is 24.9 Å². The van der Waals surface area contributed by atoms with Crippen LogP contribution in [0.4, 0.5) is 10.1 Å². The van der Waals surface area contributed by atoms with Crippen LogP contribution in [0.5, 0.6) is 0 Å². The van der Waals surface area contributed by atoms with Gasteiger partial charge >= 0.3 is 0 Å². The minimum Gasteiger partial charge on any atom is -0.399 e. The number of hydrogen-bond acceptors (Lipinski definition) is 4. The Balaban J connectivity index is 2.23. The lowest BCUT2D eigenvalue weighted by atomic mass is 9.80. The monoisotopic (exact) mass is 302 g/mol. The van der Waals surface area contributed by atoms with Crippen LogP contribution in [-0.2, 0) is 14.8 Å². The molecule has 20 heavy (non-hydrogen) atoms. The smallest absolute Gasteiger partial charge is 0.241 e. The molecule has 2 rings (SSSR count). The third-order valence-electron chi connectivity index (χ3n) is 3.89. The second-order valence-electron chi connectivity index (χ2n) is 5.19. The molecule has 1 saturated carbocycles. The first-order chi connectivity index (χ1) is 9.30. The Morgan fingerprint density at radius 1 is 1.45 bits per heavy atom. The molecule has 112 valence electrons. The third-order valence-corrected chi connectivity index (χ3v) is 5.42. The van der Waals surface area contributed by atoms with Gasteiger partial charge < -0.3 is 10.5 Å². The minimum atomic E-state index is -3.81. The molecule has 7 heteroatoms. The van der Waals surface area contributed by atoms with E-state index >= 15 is 0 Å². The van der Waals surface area contributed by atoms with Gasteiger partial charge in [0.25, 0.3) is 0 Å². The molecule has 1 aliphatic carbocycles. The van der Waals surface area contributed by atoms with E-state index in [1.807, 2.05) is 0 Å². The molecule has 5 nitrogen and oxygen atoms in total. The van der Waals surface area contributed by atoms with E-state index in [1.165, 1.54) is 13.0 Å². The van der Waals surface area contributed by atoms with E-state index in [1.54, 1.807) is 7.11 Å². The summed E-state index contributed by atoms with van der Waals surface area (Å²) in [5.74, 6) is -0.629. The number of rotatable bonds is 5. The van der Waals surface area contributed by atoms with Crippen LogP contribution in [-0.4, -0.2) is 27.7 Å². The minimum absolute atomic E-state index is 0.0618. The normalized spacial score (nSPS) is 17.8. The number of benzene rings is 1. The van der Waals surface area contributed by atoms with Crippen molar-refractivity contribution in [2.24, 2.45) is 0 Å². The molecule has 0 spiro atoms. The zero-order valence-corrected chi connectivity index (χ0v) is 12.4. The van der Waals surface area contributed by atoms with Crippen LogP contribution in [0, 0.1) is 12.7 Å². The third kappa shape index (κ3) is 2.79. The standard InChI is InChI=1S/C13H19FN2O3S/c1-9-11(14)6-10(15)7-12(9)20(17,18)16-8-13(19-2)4-3-5-13/h6-7,16H,3-5,8,15H2,1-2H3. The topological polar surface area (TPSA) is 81.4 Å². The maximum Gasteiger partial charge on any atom is 0.241 e. The number of sulfonamides is 1. The molecular weight excluding hydrogens is 283 g/mol. The number of anilines is 1. The molecule has 1 fully saturated rings. The quantitative estimate of drug-likeness (QED) is 0.809. The maximum absolute atomic E-state index is 13.6. The van der Waals surface area contributed by atoms with Gasteiger partial charge in [-0.3, -0.25) is 0 Å². The number of nitrogens with two attached hydrogens (primary N) is 1. The van der Waals surface area contributed by atoms with Gasteiger partial charge in [-0.2, -0.15) is 0 Å². The summed E-state index contributed by atoms with van der Waals surface area (Å²) in [4.78, 5) is -0.124. The van der Waals surface area contributed by atoms with E-state index in [9.17, 15) is 12.8 Å². The number of halogens is 1. The second-order valence-corrected chi connectivity index (χ2v) is 6.93. The Kier molecular flexibility index (Phi) is 4.04. The summed E-state index contributed by atoms with van der Waals surface area (Å²) in [6.45, 7) is 1.60. The molecular formula is C13H19FN2O3S. The van der Waals surface area contributed by atoms with Crippen molar-refractivity contribution in [1.29, 1.82) is 0 Å². The highest BCUT2D eigenvalue weighted by Gasteiger charge is 2.38. The summed E-state index contributed by atoms with van der Waals surface area (Å²) >= 11 is 0. The Hall–Kier alpha value is -1.18. The molecule has 1 aliphatic rings. The van der Waals surface area contributed by atoms with Gasteiger partial charge in [-0.05, 0) is 38.3 Å². The molecule has 1 aromatic rings. The summed E-state index contributed by atoms with van der Waals surface area (Å²) in [5, 5.41) is 0. The number of ether oxygens (including phenoxy) is 1. The fourth-order valence-corrected chi connectivity index (χ4v) is 3.68. The van der Waals surface area contributed by atoms with E-state index in [2.05, 4.69) is 4.72 Å². The summed E-state index contributed by atoms with van der Waals surface area (Å²) in [7, 11) is -2.24. The van der Waals surface area contributed by atoms with Crippen molar-refractivity contribution in [2.45, 2.75) is 36.7 Å². The van der Waals surface area contributed by atoms with Crippen molar-refractivity contribution in [1.82, 2.24) is 4.72 Å². The molecule has 0 saturated heterocycles. The van der Waals surface area contributed by atoms with E-state index in [0.29, 0.717) is 0 Å². The SMILES string of the molecule is COC1(CNS(=O)(=O)c2cc(N)cc(F)c2C)CCC1. The van der Waals surface area contributed by atoms with Crippen molar-refractivity contribution in [3.63, 3.8) is 0 Å². The first-order valence-corrected chi connectivity index (χ1v) is 7.88. The van der Waals surface area contributed by atoms with Gasteiger partial charge in [-0.1, -0.05) is 0 Å². The zero-order chi connectivity index (χ0) is 15.0. The molecule has 0 bridgehead atoms. The van der Waals surface area contributed by atoms with Crippen molar-refractivity contribution in [2.75, 3.05) is 19.4 Å². The van der Waals surface area contributed by atoms with Gasteiger partial charge in [-0.15, -0.1) is 0 Å². The van der Waals surface area contributed by atoms with E-state index in [4.69, 9.17) is 10.5 Å². The zero-order valence-electron chi connectivity index (χ0n) is 11.6. The number of hydrogen-bond donors (Lipinski definition) is 2. The molecule has 0 heterocycles. The van der Waals surface area contributed by atoms with E-state index in [-0.39, 0.29) is 22.7 Å². The predicted octanol–water partition coefficient (Wildman–Crippen LogP) is 1.56. The Bertz CT molecular complexity index is 607. The van der Waals surface area contributed by atoms with Crippen LogP contribution < -0.4 is 10.5 Å². The van der Waals surface area contributed by atoms with Crippen LogP contribution >= 0.6 is 0 Å². The average Bonchev–Trinajstić information content (AvgIpc) is 2.32. The van der Waals surface area contributed by atoms with Crippen molar-refractivity contribution in [3.8, 4) is 0 Å². The molecule has 0 aliphatic heterocycles. The van der Waals surface area contributed by atoms with Crippen molar-refractivity contribution in [3.05, 3.63) is 23.5 Å². The molecule has 0 atom stereocenters. The Morgan fingerprint density at radius 2 is 2.10 bits per heavy atom. The first kappa shape index (κ1) is 15.2. The highest BCUT2D eigenvalue weighted by atomic mass is 32.2. The molecule has 0 aromatic heterocycles. The molecule has 0 unspecified atom stereocenters. The van der Waals surface area contributed by atoms with Gasteiger partial charge in [0.05, 0.1) is 10.5 Å². The second kappa shape index (κ2) is 5.31. The van der Waals surface area contributed by atoms with E-state index < -0.39 is 21.4 Å². The largest absolute Gasteiger partial charge is 0.399 e. The highest BCUT2D eigenvalue weighted by Crippen LogP contribution is 2.34. The van der Waals surface area contributed by atoms with Crippen LogP contribution in [0.2, 0.25) is 0 Å². The van der Waals surface area contributed by atoms with Crippen LogP contribution in [0.25, 0.3) is 0 Å². The van der Waals surface area contributed by atoms with Crippen molar-refractivity contribution < 1.29 is 17.5 Å². The van der Waals surface area contributed by atoms with E-state index in [0.717, 1.165) is 25.3 Å². The van der Waals surface area contributed by atoms with Crippen molar-refractivity contribution >= 4 is 15.7 Å². The number of methoxy groups -OCH3 is 1. The Labute approximate surface area is 118 Å². The lowest BCUT2D eigenvalue weighted by Crippen LogP contribution is -2.49. The molecule has 0 radical (unpaired) electrons. The lowest BCUT2D eigenvalue weighted by Gasteiger charge is -2.40. The number of nitrogen functional groups attached to an aromatic ring is 1. The predicted molar refractivity (Wildman–Crippen MR) is 74.3 cm³/mol. The van der Waals surface area contributed by atoms with Gasteiger partial charge in [-0.25, -0.2) is 17.5 Å². The summed E-state index contributed by atoms with van der Waals surface area (Å²) < 4.78 is 46.0. The van der Waals surface area contributed by atoms with Gasteiger partial charge in [0.2, 0.25) is 10.0 Å². The Morgan fingerprint density at radius 3 is 2.60 bits per heavy atom. The fraction of sp³-hybridized carbons (Fsp3) is 0.538. The summed E-state index contributed by atoms with van der Waals surface area (Å²) in [6, 6.07) is 2.37. The molecule has 0 amide bonds. The summed E-state index contributed by atoms with van der Waals surface area (Å²) in [6.07, 6.45) is 2.65. The maximum atomic E-state index is 13.6. The van der Waals surface area contributed by atoms with Crippen LogP contribution in [0.15, 0.2) is 17.0 Å². The van der Waals surface area contributed by atoms with Crippen LogP contribution in [0.1, 0.15) is 24.8 Å². The highest BCUT2D eigenvalue weighted by molar-refractivity contribution is 7.89.